The summed E-state index contributed by atoms with van der Waals surface area (Å²) in [5.41, 5.74) is -1.27. The maximum atomic E-state index is 14.5. The van der Waals surface area contributed by atoms with E-state index < -0.39 is 35.1 Å². The number of hydrogen-bond acceptors (Lipinski definition) is 5. The molecule has 6 atom stereocenters. The molecule has 2 bridgehead atoms. The number of likely N-dealkylation sites (tertiary alicyclic amines) is 1. The second-order valence-electron chi connectivity index (χ2n) is 11.3. The molecule has 0 saturated carbocycles. The molecule has 1 aromatic carbocycles. The molecule has 8 nitrogen and oxygen atoms in total. The zero-order valence-electron chi connectivity index (χ0n) is 23.7. The number of anilines is 1. The Kier molecular flexibility index (Phi) is 8.38. The number of carbonyl (C=O) groups is 3. The predicted molar refractivity (Wildman–Crippen MR) is 151 cm³/mol. The van der Waals surface area contributed by atoms with E-state index in [1.165, 1.54) is 0 Å². The summed E-state index contributed by atoms with van der Waals surface area (Å²) in [5, 5.41) is 10.3. The SMILES string of the molecule is C=CCN(C(=O)[C@@H]1[C@H]2C(=O)N([C@@H](CC)CO)C(C(=O)N(CC=C)C(C)C)C23CC[C@@]1(CC)O3)c1ccccc1. The van der Waals surface area contributed by atoms with Crippen LogP contribution in [0.3, 0.4) is 0 Å². The van der Waals surface area contributed by atoms with Gasteiger partial charge in [0, 0.05) is 24.8 Å². The van der Waals surface area contributed by atoms with Gasteiger partial charge in [0.25, 0.3) is 0 Å². The van der Waals surface area contributed by atoms with Crippen molar-refractivity contribution in [2.75, 3.05) is 24.6 Å². The third-order valence-electron chi connectivity index (χ3n) is 9.07. The molecule has 39 heavy (non-hydrogen) atoms. The predicted octanol–water partition coefficient (Wildman–Crippen LogP) is 3.55. The third kappa shape index (κ3) is 4.42. The number of fused-ring (bicyclic) bond motifs is 1. The molecule has 3 saturated heterocycles. The number of benzene rings is 1. The van der Waals surface area contributed by atoms with Crippen molar-refractivity contribution in [3.63, 3.8) is 0 Å². The molecule has 3 heterocycles. The van der Waals surface area contributed by atoms with Crippen LogP contribution in [0.15, 0.2) is 55.6 Å². The lowest BCUT2D eigenvalue weighted by Crippen LogP contribution is -2.59. The molecular formula is C31H43N3O5. The van der Waals surface area contributed by atoms with Gasteiger partial charge in [0.2, 0.25) is 17.7 Å². The maximum absolute atomic E-state index is 14.5. The van der Waals surface area contributed by atoms with Crippen LogP contribution in [-0.2, 0) is 19.1 Å². The number of para-hydroxylation sites is 1. The maximum Gasteiger partial charge on any atom is 0.248 e. The molecule has 2 unspecified atom stereocenters. The molecule has 3 aliphatic heterocycles. The van der Waals surface area contributed by atoms with Crippen molar-refractivity contribution in [2.45, 2.75) is 82.7 Å². The normalized spacial score (nSPS) is 29.8. The summed E-state index contributed by atoms with van der Waals surface area (Å²) in [4.78, 5) is 48.2. The van der Waals surface area contributed by atoms with E-state index >= 15 is 0 Å². The molecular weight excluding hydrogens is 494 g/mol. The number of carbonyl (C=O) groups excluding carboxylic acids is 3. The second kappa shape index (κ2) is 11.3. The summed E-state index contributed by atoms with van der Waals surface area (Å²) < 4.78 is 6.91. The van der Waals surface area contributed by atoms with Gasteiger partial charge in [-0.1, -0.05) is 44.2 Å². The average Bonchev–Trinajstić information content (AvgIpc) is 3.54. The van der Waals surface area contributed by atoms with Gasteiger partial charge in [0.1, 0.15) is 11.6 Å². The topological polar surface area (TPSA) is 90.4 Å². The minimum atomic E-state index is -1.14. The fraction of sp³-hybridized carbons (Fsp3) is 0.581. The van der Waals surface area contributed by atoms with Gasteiger partial charge in [-0.3, -0.25) is 14.4 Å². The summed E-state index contributed by atoms with van der Waals surface area (Å²) in [7, 11) is 0. The molecule has 0 aromatic heterocycles. The molecule has 3 amide bonds. The van der Waals surface area contributed by atoms with Crippen molar-refractivity contribution < 1.29 is 24.2 Å². The Bertz CT molecular complexity index is 1100. The minimum absolute atomic E-state index is 0.130. The van der Waals surface area contributed by atoms with Crippen LogP contribution in [0.4, 0.5) is 5.69 Å². The van der Waals surface area contributed by atoms with Crippen LogP contribution in [0.25, 0.3) is 0 Å². The van der Waals surface area contributed by atoms with E-state index in [1.807, 2.05) is 58.0 Å². The fourth-order valence-corrected chi connectivity index (χ4v) is 7.20. The lowest BCUT2D eigenvalue weighted by atomic mass is 9.64. The lowest BCUT2D eigenvalue weighted by molar-refractivity contribution is -0.157. The molecule has 8 heteroatoms. The molecule has 1 N–H and O–H groups in total. The van der Waals surface area contributed by atoms with E-state index in [-0.39, 0.29) is 36.9 Å². The molecule has 3 aliphatic rings. The number of rotatable bonds is 12. The molecule has 1 aromatic rings. The second-order valence-corrected chi connectivity index (χ2v) is 11.3. The highest BCUT2D eigenvalue weighted by molar-refractivity contribution is 6.03. The van der Waals surface area contributed by atoms with Crippen molar-refractivity contribution in [3.05, 3.63) is 55.6 Å². The van der Waals surface area contributed by atoms with Crippen molar-refractivity contribution >= 4 is 23.4 Å². The first-order valence-corrected chi connectivity index (χ1v) is 14.2. The number of nitrogens with zero attached hydrogens (tertiary/aromatic N) is 3. The van der Waals surface area contributed by atoms with E-state index in [2.05, 4.69) is 13.2 Å². The first kappa shape index (κ1) is 29.0. The summed E-state index contributed by atoms with van der Waals surface area (Å²) in [5.74, 6) is -2.27. The van der Waals surface area contributed by atoms with Crippen LogP contribution in [-0.4, -0.2) is 81.7 Å². The number of amides is 3. The smallest absolute Gasteiger partial charge is 0.248 e. The Hall–Kier alpha value is -2.97. The van der Waals surface area contributed by atoms with E-state index in [1.54, 1.807) is 26.9 Å². The van der Waals surface area contributed by atoms with Crippen LogP contribution in [0, 0.1) is 11.8 Å². The van der Waals surface area contributed by atoms with Gasteiger partial charge in [0.15, 0.2) is 0 Å². The highest BCUT2D eigenvalue weighted by atomic mass is 16.5. The molecule has 0 radical (unpaired) electrons. The van der Waals surface area contributed by atoms with Crippen molar-refractivity contribution in [1.82, 2.24) is 9.80 Å². The van der Waals surface area contributed by atoms with Crippen LogP contribution in [0.5, 0.6) is 0 Å². The fourth-order valence-electron chi connectivity index (χ4n) is 7.20. The summed E-state index contributed by atoms with van der Waals surface area (Å²) >= 11 is 0. The van der Waals surface area contributed by atoms with Gasteiger partial charge in [-0.15, -0.1) is 13.2 Å². The Morgan fingerprint density at radius 3 is 2.33 bits per heavy atom. The zero-order chi connectivity index (χ0) is 28.5. The zero-order valence-corrected chi connectivity index (χ0v) is 23.7. The van der Waals surface area contributed by atoms with Crippen LogP contribution in [0.1, 0.15) is 53.4 Å². The molecule has 0 aliphatic carbocycles. The molecule has 1 spiro atoms. The minimum Gasteiger partial charge on any atom is -0.394 e. The number of ether oxygens (including phenoxy) is 1. The highest BCUT2D eigenvalue weighted by Gasteiger charge is 2.79. The van der Waals surface area contributed by atoms with Crippen LogP contribution in [0.2, 0.25) is 0 Å². The Balaban J connectivity index is 1.86. The van der Waals surface area contributed by atoms with Gasteiger partial charge in [-0.25, -0.2) is 0 Å². The summed E-state index contributed by atoms with van der Waals surface area (Å²) in [6, 6.07) is 7.76. The highest BCUT2D eigenvalue weighted by Crippen LogP contribution is 2.65. The molecule has 4 rings (SSSR count). The number of aliphatic hydroxyl groups is 1. The van der Waals surface area contributed by atoms with Gasteiger partial charge in [-0.2, -0.15) is 0 Å². The lowest BCUT2D eigenvalue weighted by Gasteiger charge is -2.40. The first-order chi connectivity index (χ1) is 18.7. The van der Waals surface area contributed by atoms with Crippen molar-refractivity contribution in [3.8, 4) is 0 Å². The number of aliphatic hydroxyl groups excluding tert-OH is 1. The Labute approximate surface area is 232 Å². The molecule has 212 valence electrons. The summed E-state index contributed by atoms with van der Waals surface area (Å²) in [6.07, 6.45) is 5.46. The monoisotopic (exact) mass is 537 g/mol. The van der Waals surface area contributed by atoms with Gasteiger partial charge in [-0.05, 0) is 51.7 Å². The summed E-state index contributed by atoms with van der Waals surface area (Å²) in [6.45, 7) is 15.8. The van der Waals surface area contributed by atoms with Crippen LogP contribution < -0.4 is 4.90 Å². The number of hydrogen-bond donors (Lipinski definition) is 1. The quantitative estimate of drug-likeness (QED) is 0.412. The van der Waals surface area contributed by atoms with Crippen molar-refractivity contribution in [2.24, 2.45) is 11.8 Å². The van der Waals surface area contributed by atoms with Crippen LogP contribution >= 0.6 is 0 Å². The van der Waals surface area contributed by atoms with E-state index in [9.17, 15) is 19.5 Å². The first-order valence-electron chi connectivity index (χ1n) is 14.2. The third-order valence-corrected chi connectivity index (χ3v) is 9.07. The van der Waals surface area contributed by atoms with Gasteiger partial charge >= 0.3 is 0 Å². The standard InChI is InChI=1S/C31H43N3O5/c1-7-18-32(21(5)6)29(38)26-31-17-16-30(10-4,39-31)24(25(31)28(37)34(26)22(9-3)20-35)27(36)33(19-8-2)23-14-12-11-13-15-23/h7-8,11-15,21-22,24-26,35H,1-2,9-10,16-20H2,3-6H3/t22-,24-,25-,26?,30+,31?/m0/s1. The Morgan fingerprint density at radius 2 is 1.79 bits per heavy atom. The van der Waals surface area contributed by atoms with E-state index in [0.717, 1.165) is 5.69 Å². The van der Waals surface area contributed by atoms with Gasteiger partial charge < -0.3 is 24.5 Å². The average molecular weight is 538 g/mol. The largest absolute Gasteiger partial charge is 0.394 e. The Morgan fingerprint density at radius 1 is 1.13 bits per heavy atom. The molecule has 3 fully saturated rings. The van der Waals surface area contributed by atoms with E-state index in [0.29, 0.717) is 32.2 Å². The van der Waals surface area contributed by atoms with E-state index in [4.69, 9.17) is 4.74 Å². The van der Waals surface area contributed by atoms with Gasteiger partial charge in [0.05, 0.1) is 30.1 Å². The van der Waals surface area contributed by atoms with Crippen molar-refractivity contribution in [1.29, 1.82) is 0 Å².